The molecule has 0 bridgehead atoms. The second kappa shape index (κ2) is 5.03. The second-order valence-electron chi connectivity index (χ2n) is 5.67. The van der Waals surface area contributed by atoms with Crippen LogP contribution in [0.1, 0.15) is 12.2 Å². The summed E-state index contributed by atoms with van der Waals surface area (Å²) in [6.45, 7) is 3.51. The number of aryl methyl sites for hydroxylation is 1. The van der Waals surface area contributed by atoms with Gasteiger partial charge in [-0.05, 0) is 33.5 Å². The predicted octanol–water partition coefficient (Wildman–Crippen LogP) is 0.768. The van der Waals surface area contributed by atoms with Gasteiger partial charge in [0, 0.05) is 19.3 Å². The van der Waals surface area contributed by atoms with Crippen LogP contribution in [-0.2, 0) is 0 Å². The van der Waals surface area contributed by atoms with E-state index in [4.69, 9.17) is 0 Å². The van der Waals surface area contributed by atoms with Crippen molar-refractivity contribution in [3.8, 4) is 0 Å². The van der Waals surface area contributed by atoms with Crippen LogP contribution in [0.3, 0.4) is 0 Å². The summed E-state index contributed by atoms with van der Waals surface area (Å²) < 4.78 is 0. The minimum Gasteiger partial charge on any atom is -0.391 e. The summed E-state index contributed by atoms with van der Waals surface area (Å²) in [6.07, 6.45) is 2.38. The van der Waals surface area contributed by atoms with Crippen LogP contribution in [0, 0.1) is 6.92 Å². The Bertz CT molecular complexity index is 609. The van der Waals surface area contributed by atoms with Crippen LogP contribution in [0.15, 0.2) is 12.3 Å². The number of H-pyrrole nitrogens is 1. The highest BCUT2D eigenvalue weighted by molar-refractivity contribution is 5.86. The molecule has 0 unspecified atom stereocenters. The fourth-order valence-corrected chi connectivity index (χ4v) is 2.89. The van der Waals surface area contributed by atoms with Gasteiger partial charge in [0.15, 0.2) is 5.82 Å². The third kappa shape index (κ3) is 2.25. The Morgan fingerprint density at radius 3 is 2.95 bits per heavy atom. The molecule has 0 aliphatic carbocycles. The number of nitrogens with one attached hydrogen (secondary N) is 1. The molecule has 1 fully saturated rings. The smallest absolute Gasteiger partial charge is 0.156 e. The lowest BCUT2D eigenvalue weighted by Crippen LogP contribution is -2.53. The molecule has 0 aromatic carbocycles. The number of aromatic amines is 1. The lowest BCUT2D eigenvalue weighted by atomic mass is 10.0. The van der Waals surface area contributed by atoms with E-state index in [2.05, 4.69) is 24.8 Å². The van der Waals surface area contributed by atoms with E-state index in [1.807, 2.05) is 33.3 Å². The van der Waals surface area contributed by atoms with Crippen molar-refractivity contribution >= 4 is 16.9 Å². The maximum absolute atomic E-state index is 10.1. The maximum Gasteiger partial charge on any atom is 0.156 e. The molecule has 6 nitrogen and oxygen atoms in total. The number of hydrogen-bond acceptors (Lipinski definition) is 5. The van der Waals surface area contributed by atoms with Gasteiger partial charge in [-0.15, -0.1) is 0 Å². The molecule has 1 saturated heterocycles. The first-order valence-corrected chi connectivity index (χ1v) is 6.97. The summed E-state index contributed by atoms with van der Waals surface area (Å²) in [5.41, 5.74) is 1.92. The number of rotatable bonds is 2. The summed E-state index contributed by atoms with van der Waals surface area (Å²) in [5, 5.41) is 10.1. The number of piperidine rings is 1. The molecule has 3 rings (SSSR count). The average Bonchev–Trinajstić information content (AvgIpc) is 2.86. The van der Waals surface area contributed by atoms with Crippen molar-refractivity contribution < 1.29 is 5.11 Å². The van der Waals surface area contributed by atoms with E-state index < -0.39 is 0 Å². The predicted molar refractivity (Wildman–Crippen MR) is 78.9 cm³/mol. The zero-order valence-electron chi connectivity index (χ0n) is 12.2. The topological polar surface area (TPSA) is 68.3 Å². The Kier molecular flexibility index (Phi) is 3.35. The first-order chi connectivity index (χ1) is 9.56. The molecule has 20 heavy (non-hydrogen) atoms. The lowest BCUT2D eigenvalue weighted by Gasteiger charge is -2.40. The van der Waals surface area contributed by atoms with Crippen LogP contribution in [0.25, 0.3) is 11.0 Å². The van der Waals surface area contributed by atoms with Crippen LogP contribution < -0.4 is 4.90 Å². The van der Waals surface area contributed by atoms with Gasteiger partial charge in [0.2, 0.25) is 0 Å². The Morgan fingerprint density at radius 1 is 1.40 bits per heavy atom. The van der Waals surface area contributed by atoms with Crippen LogP contribution in [-0.4, -0.2) is 64.3 Å². The fourth-order valence-electron chi connectivity index (χ4n) is 2.89. The van der Waals surface area contributed by atoms with Gasteiger partial charge in [0.1, 0.15) is 11.3 Å². The standard InChI is InChI=1S/C14H21N5O/c1-9-16-10-4-6-15-13(10)14(17-9)19-7-5-12(20)11(8-19)18(2)3/h4,6,11-12,15,20H,5,7-8H2,1-3H3/t11-,12-/m0/s1. The van der Waals surface area contributed by atoms with Gasteiger partial charge in [0.25, 0.3) is 0 Å². The molecule has 2 aromatic heterocycles. The molecule has 2 atom stereocenters. The monoisotopic (exact) mass is 275 g/mol. The van der Waals surface area contributed by atoms with Crippen molar-refractivity contribution in [2.24, 2.45) is 0 Å². The van der Waals surface area contributed by atoms with Gasteiger partial charge in [-0.2, -0.15) is 0 Å². The van der Waals surface area contributed by atoms with Crippen molar-refractivity contribution in [1.82, 2.24) is 19.9 Å². The summed E-state index contributed by atoms with van der Waals surface area (Å²) in [6, 6.07) is 2.10. The number of likely N-dealkylation sites (N-methyl/N-ethyl adjacent to an activating group) is 1. The Morgan fingerprint density at radius 2 is 2.20 bits per heavy atom. The highest BCUT2D eigenvalue weighted by Gasteiger charge is 2.30. The first kappa shape index (κ1) is 13.3. The summed E-state index contributed by atoms with van der Waals surface area (Å²) >= 11 is 0. The zero-order chi connectivity index (χ0) is 14.3. The molecule has 0 amide bonds. The molecule has 2 N–H and O–H groups in total. The van der Waals surface area contributed by atoms with Crippen LogP contribution >= 0.6 is 0 Å². The molecular formula is C14H21N5O. The highest BCUT2D eigenvalue weighted by Crippen LogP contribution is 2.26. The van der Waals surface area contributed by atoms with Crippen molar-refractivity contribution in [3.05, 3.63) is 18.1 Å². The first-order valence-electron chi connectivity index (χ1n) is 6.97. The fraction of sp³-hybridized carbons (Fsp3) is 0.571. The minimum atomic E-state index is -0.275. The molecule has 2 aromatic rings. The SMILES string of the molecule is Cc1nc(N2CC[C@H](O)[C@@H](N(C)C)C2)c2[nH]ccc2n1. The van der Waals surface area contributed by atoms with E-state index in [9.17, 15) is 5.11 Å². The van der Waals surface area contributed by atoms with Gasteiger partial charge < -0.3 is 19.9 Å². The second-order valence-corrected chi connectivity index (χ2v) is 5.67. The maximum atomic E-state index is 10.1. The molecular weight excluding hydrogens is 254 g/mol. The van der Waals surface area contributed by atoms with Crippen LogP contribution in [0.2, 0.25) is 0 Å². The Labute approximate surface area is 118 Å². The molecule has 6 heteroatoms. The number of aliphatic hydroxyl groups excluding tert-OH is 1. The van der Waals surface area contributed by atoms with Gasteiger partial charge in [0.05, 0.1) is 17.7 Å². The number of hydrogen-bond donors (Lipinski definition) is 2. The van der Waals surface area contributed by atoms with E-state index in [1.165, 1.54) is 0 Å². The molecule has 0 spiro atoms. The Hall–Kier alpha value is -1.66. The Balaban J connectivity index is 1.96. The van der Waals surface area contributed by atoms with Crippen molar-refractivity contribution in [2.45, 2.75) is 25.5 Å². The van der Waals surface area contributed by atoms with Crippen LogP contribution in [0.4, 0.5) is 5.82 Å². The van der Waals surface area contributed by atoms with E-state index in [-0.39, 0.29) is 12.1 Å². The number of nitrogens with zero attached hydrogens (tertiary/aromatic N) is 4. The highest BCUT2D eigenvalue weighted by atomic mass is 16.3. The van der Waals surface area contributed by atoms with Crippen molar-refractivity contribution in [1.29, 1.82) is 0 Å². The molecule has 1 aliphatic rings. The van der Waals surface area contributed by atoms with Gasteiger partial charge >= 0.3 is 0 Å². The summed E-state index contributed by atoms with van der Waals surface area (Å²) in [7, 11) is 4.01. The minimum absolute atomic E-state index is 0.129. The summed E-state index contributed by atoms with van der Waals surface area (Å²) in [5.74, 6) is 1.72. The van der Waals surface area contributed by atoms with Crippen molar-refractivity contribution in [3.63, 3.8) is 0 Å². The van der Waals surface area contributed by atoms with Crippen LogP contribution in [0.5, 0.6) is 0 Å². The quantitative estimate of drug-likeness (QED) is 0.847. The zero-order valence-corrected chi connectivity index (χ0v) is 12.2. The lowest BCUT2D eigenvalue weighted by molar-refractivity contribution is 0.0602. The van der Waals surface area contributed by atoms with E-state index >= 15 is 0 Å². The van der Waals surface area contributed by atoms with Gasteiger partial charge in [-0.25, -0.2) is 9.97 Å². The van der Waals surface area contributed by atoms with E-state index in [0.717, 1.165) is 42.2 Å². The molecule has 3 heterocycles. The molecule has 108 valence electrons. The number of aliphatic hydroxyl groups is 1. The van der Waals surface area contributed by atoms with E-state index in [1.54, 1.807) is 0 Å². The van der Waals surface area contributed by atoms with Gasteiger partial charge in [-0.3, -0.25) is 0 Å². The van der Waals surface area contributed by atoms with Crippen molar-refractivity contribution in [2.75, 3.05) is 32.1 Å². The van der Waals surface area contributed by atoms with E-state index in [0.29, 0.717) is 0 Å². The normalized spacial score (nSPS) is 23.8. The number of anilines is 1. The van der Waals surface area contributed by atoms with Gasteiger partial charge in [-0.1, -0.05) is 0 Å². The molecule has 0 radical (unpaired) electrons. The number of fused-ring (bicyclic) bond motifs is 1. The third-order valence-electron chi connectivity index (χ3n) is 4.01. The average molecular weight is 275 g/mol. The third-order valence-corrected chi connectivity index (χ3v) is 4.01. The summed E-state index contributed by atoms with van der Waals surface area (Å²) in [4.78, 5) is 16.6. The molecule has 0 saturated carbocycles. The number of aromatic nitrogens is 3. The largest absolute Gasteiger partial charge is 0.391 e. The molecule has 1 aliphatic heterocycles.